The van der Waals surface area contributed by atoms with Crippen molar-refractivity contribution in [3.05, 3.63) is 24.3 Å². The third-order valence-corrected chi connectivity index (χ3v) is 10.6. The quantitative estimate of drug-likeness (QED) is 0.0272. The number of hydrogen-bond acceptors (Lipinski definition) is 7. The lowest BCUT2D eigenvalue weighted by Gasteiger charge is -2.20. The van der Waals surface area contributed by atoms with Crippen LogP contribution in [0.25, 0.3) is 0 Å². The highest BCUT2D eigenvalue weighted by Crippen LogP contribution is 2.43. The first-order valence-corrected chi connectivity index (χ1v) is 23.8. The van der Waals surface area contributed by atoms with Crippen molar-refractivity contribution in [1.82, 2.24) is 0 Å². The summed E-state index contributed by atoms with van der Waals surface area (Å²) in [5, 5.41) is 0. The van der Waals surface area contributed by atoms with Gasteiger partial charge in [-0.15, -0.1) is 0 Å². The molecule has 0 aromatic rings. The summed E-state index contributed by atoms with van der Waals surface area (Å²) in [5.41, 5.74) is 5.37. The molecule has 0 rings (SSSR count). The van der Waals surface area contributed by atoms with Crippen LogP contribution >= 0.6 is 7.82 Å². The van der Waals surface area contributed by atoms with Crippen LogP contribution in [0.15, 0.2) is 24.3 Å². The maximum atomic E-state index is 12.6. The van der Waals surface area contributed by atoms with Crippen molar-refractivity contribution in [2.75, 3.05) is 33.0 Å². The molecule has 0 radical (unpaired) electrons. The number of carbonyl (C=O) groups excluding carboxylic acids is 1. The summed E-state index contributed by atoms with van der Waals surface area (Å²) in [5.74, 6) is -0.330. The SMILES string of the molecule is CCCCCCC/C=C\C/C=C\CCCCCCCCCCCCOCC(COP(=O)(O)OCCN)OC(=O)CCCCCCCCCCCCCC. The zero-order valence-electron chi connectivity index (χ0n) is 34.8. The second-order valence-corrected chi connectivity index (χ2v) is 16.4. The van der Waals surface area contributed by atoms with Gasteiger partial charge in [-0.05, 0) is 44.9 Å². The Labute approximate surface area is 327 Å². The molecule has 0 fully saturated rings. The Morgan fingerprint density at radius 2 is 1.00 bits per heavy atom. The fourth-order valence-corrected chi connectivity index (χ4v) is 7.09. The van der Waals surface area contributed by atoms with Crippen LogP contribution in [-0.2, 0) is 27.9 Å². The monoisotopic (exact) mass is 772 g/mol. The first-order valence-electron chi connectivity index (χ1n) is 22.3. The number of rotatable bonds is 43. The first kappa shape index (κ1) is 52.0. The average molecular weight is 772 g/mol. The van der Waals surface area contributed by atoms with Gasteiger partial charge in [-0.3, -0.25) is 13.8 Å². The molecule has 0 saturated carbocycles. The zero-order chi connectivity index (χ0) is 38.8. The lowest BCUT2D eigenvalue weighted by atomic mass is 10.0. The van der Waals surface area contributed by atoms with Gasteiger partial charge in [-0.2, -0.15) is 0 Å². The minimum absolute atomic E-state index is 0.0939. The van der Waals surface area contributed by atoms with Crippen molar-refractivity contribution in [3.63, 3.8) is 0 Å². The van der Waals surface area contributed by atoms with Crippen molar-refractivity contribution >= 4 is 13.8 Å². The normalized spacial score (nSPS) is 13.7. The van der Waals surface area contributed by atoms with Gasteiger partial charge in [0, 0.05) is 19.6 Å². The Kier molecular flexibility index (Phi) is 41.3. The number of unbranched alkanes of at least 4 members (excludes halogenated alkanes) is 26. The van der Waals surface area contributed by atoms with E-state index in [1.54, 1.807) is 0 Å². The van der Waals surface area contributed by atoms with Crippen molar-refractivity contribution in [2.45, 2.75) is 219 Å². The molecular formula is C44H86NO7P. The summed E-state index contributed by atoms with van der Waals surface area (Å²) < 4.78 is 33.4. The molecule has 0 spiro atoms. The summed E-state index contributed by atoms with van der Waals surface area (Å²) >= 11 is 0. The largest absolute Gasteiger partial charge is 0.472 e. The fraction of sp³-hybridized carbons (Fsp3) is 0.886. The van der Waals surface area contributed by atoms with Crippen molar-refractivity contribution in [2.24, 2.45) is 5.73 Å². The van der Waals surface area contributed by atoms with Crippen LogP contribution in [0.1, 0.15) is 213 Å². The molecule has 0 aliphatic carbocycles. The number of esters is 1. The van der Waals surface area contributed by atoms with E-state index in [9.17, 15) is 14.3 Å². The van der Waals surface area contributed by atoms with E-state index in [1.165, 1.54) is 154 Å². The van der Waals surface area contributed by atoms with Gasteiger partial charge in [-0.1, -0.05) is 186 Å². The number of phosphoric ester groups is 1. The second-order valence-electron chi connectivity index (χ2n) is 14.9. The smallest absolute Gasteiger partial charge is 0.457 e. The molecule has 0 amide bonds. The van der Waals surface area contributed by atoms with Gasteiger partial charge in [0.2, 0.25) is 0 Å². The van der Waals surface area contributed by atoms with Crippen LogP contribution < -0.4 is 5.73 Å². The Bertz CT molecular complexity index is 869. The third kappa shape index (κ3) is 42.0. The van der Waals surface area contributed by atoms with Crippen molar-refractivity contribution in [1.29, 1.82) is 0 Å². The number of carbonyl (C=O) groups is 1. The molecule has 0 bridgehead atoms. The van der Waals surface area contributed by atoms with Crippen molar-refractivity contribution in [3.8, 4) is 0 Å². The van der Waals surface area contributed by atoms with Gasteiger partial charge < -0.3 is 20.1 Å². The highest BCUT2D eigenvalue weighted by molar-refractivity contribution is 7.47. The Morgan fingerprint density at radius 3 is 1.47 bits per heavy atom. The fourth-order valence-electron chi connectivity index (χ4n) is 6.32. The standard InChI is InChI=1S/C44H86NO7P/c1-3-5-7-9-11-13-15-17-18-19-20-21-22-23-24-25-26-28-30-32-34-36-39-49-41-43(42-51-53(47,48)50-40-38-45)52-44(46)37-35-33-31-29-27-16-14-12-10-8-6-4-2/h15,17,19-20,43H,3-14,16,18,21-42,45H2,1-2H3,(H,47,48)/b17-15-,20-19-. The molecule has 0 aliphatic rings. The van der Waals surface area contributed by atoms with E-state index >= 15 is 0 Å². The highest BCUT2D eigenvalue weighted by Gasteiger charge is 2.25. The van der Waals surface area contributed by atoms with Crippen LogP contribution in [-0.4, -0.2) is 49.9 Å². The van der Waals surface area contributed by atoms with Gasteiger partial charge in [0.15, 0.2) is 0 Å². The predicted octanol–water partition coefficient (Wildman–Crippen LogP) is 13.3. The van der Waals surface area contributed by atoms with Gasteiger partial charge >= 0.3 is 13.8 Å². The molecular weight excluding hydrogens is 685 g/mol. The molecule has 53 heavy (non-hydrogen) atoms. The molecule has 0 aliphatic heterocycles. The molecule has 3 N–H and O–H groups in total. The average Bonchev–Trinajstić information content (AvgIpc) is 3.15. The van der Waals surface area contributed by atoms with E-state index in [1.807, 2.05) is 0 Å². The van der Waals surface area contributed by atoms with Gasteiger partial charge in [0.25, 0.3) is 0 Å². The molecule has 8 nitrogen and oxygen atoms in total. The topological polar surface area (TPSA) is 117 Å². The Hall–Kier alpha value is -1.02. The minimum atomic E-state index is -4.27. The summed E-state index contributed by atoms with van der Waals surface area (Å²) in [4.78, 5) is 22.4. The van der Waals surface area contributed by atoms with E-state index < -0.39 is 13.9 Å². The van der Waals surface area contributed by atoms with E-state index in [-0.39, 0.29) is 32.3 Å². The molecule has 9 heteroatoms. The molecule has 2 unspecified atom stereocenters. The number of hydrogen-bond donors (Lipinski definition) is 2. The lowest BCUT2D eigenvalue weighted by Crippen LogP contribution is -2.28. The van der Waals surface area contributed by atoms with Crippen LogP contribution in [0.5, 0.6) is 0 Å². The zero-order valence-corrected chi connectivity index (χ0v) is 35.7. The Morgan fingerprint density at radius 1 is 0.566 bits per heavy atom. The van der Waals surface area contributed by atoms with E-state index in [4.69, 9.17) is 24.3 Å². The van der Waals surface area contributed by atoms with E-state index in [0.717, 1.165) is 38.5 Å². The van der Waals surface area contributed by atoms with Gasteiger partial charge in [0.1, 0.15) is 6.10 Å². The van der Waals surface area contributed by atoms with Gasteiger partial charge in [0.05, 0.1) is 19.8 Å². The number of nitrogens with two attached hydrogens (primary N) is 1. The molecule has 0 saturated heterocycles. The highest BCUT2D eigenvalue weighted by atomic mass is 31.2. The van der Waals surface area contributed by atoms with Crippen LogP contribution in [0.3, 0.4) is 0 Å². The second kappa shape index (κ2) is 42.1. The molecule has 0 heterocycles. The molecule has 0 aromatic carbocycles. The van der Waals surface area contributed by atoms with Crippen LogP contribution in [0.4, 0.5) is 0 Å². The number of phosphoric acid groups is 1. The minimum Gasteiger partial charge on any atom is -0.457 e. The van der Waals surface area contributed by atoms with E-state index in [0.29, 0.717) is 13.0 Å². The van der Waals surface area contributed by atoms with E-state index in [2.05, 4.69) is 38.2 Å². The summed E-state index contributed by atoms with van der Waals surface area (Å²) in [6, 6.07) is 0. The number of allylic oxidation sites excluding steroid dienone is 4. The molecule has 0 aromatic heterocycles. The molecule has 2 atom stereocenters. The van der Waals surface area contributed by atoms with Gasteiger partial charge in [-0.25, -0.2) is 4.57 Å². The summed E-state index contributed by atoms with van der Waals surface area (Å²) in [6.07, 6.45) is 46.3. The lowest BCUT2D eigenvalue weighted by molar-refractivity contribution is -0.154. The third-order valence-electron chi connectivity index (χ3n) is 9.62. The summed E-state index contributed by atoms with van der Waals surface area (Å²) in [7, 11) is -4.27. The summed E-state index contributed by atoms with van der Waals surface area (Å²) in [6.45, 7) is 4.93. The number of ether oxygens (including phenoxy) is 2. The maximum Gasteiger partial charge on any atom is 0.472 e. The Balaban J connectivity index is 3.94. The van der Waals surface area contributed by atoms with Crippen LogP contribution in [0, 0.1) is 0 Å². The maximum absolute atomic E-state index is 12.6. The first-order chi connectivity index (χ1) is 25.9. The van der Waals surface area contributed by atoms with Crippen LogP contribution in [0.2, 0.25) is 0 Å². The predicted molar refractivity (Wildman–Crippen MR) is 224 cm³/mol. The molecule has 314 valence electrons. The van der Waals surface area contributed by atoms with Crippen molar-refractivity contribution < 1.29 is 32.8 Å².